The first kappa shape index (κ1) is 9.31. The van der Waals surface area contributed by atoms with Crippen molar-refractivity contribution in [3.05, 3.63) is 30.1 Å². The van der Waals surface area contributed by atoms with E-state index in [1.165, 1.54) is 6.42 Å². The molecule has 3 heteroatoms. The fourth-order valence-corrected chi connectivity index (χ4v) is 3.07. The highest BCUT2D eigenvalue weighted by atomic mass is 16.3. The summed E-state index contributed by atoms with van der Waals surface area (Å²) in [5.74, 6) is 0. The van der Waals surface area contributed by atoms with Gasteiger partial charge in [-0.3, -0.25) is 9.88 Å². The molecule has 80 valence electrons. The van der Waals surface area contributed by atoms with E-state index in [2.05, 4.69) is 9.88 Å². The van der Waals surface area contributed by atoms with Crippen LogP contribution in [0.25, 0.3) is 0 Å². The van der Waals surface area contributed by atoms with Gasteiger partial charge in [0.15, 0.2) is 0 Å². The van der Waals surface area contributed by atoms with Crippen molar-refractivity contribution < 1.29 is 5.11 Å². The van der Waals surface area contributed by atoms with E-state index in [1.54, 1.807) is 6.20 Å². The van der Waals surface area contributed by atoms with E-state index >= 15 is 0 Å². The quantitative estimate of drug-likeness (QED) is 0.745. The molecule has 0 spiro atoms. The number of aliphatic hydroxyl groups is 1. The van der Waals surface area contributed by atoms with E-state index in [4.69, 9.17) is 0 Å². The third kappa shape index (κ3) is 1.30. The van der Waals surface area contributed by atoms with Crippen LogP contribution in [0.15, 0.2) is 24.5 Å². The molecule has 1 N–H and O–H groups in total. The summed E-state index contributed by atoms with van der Waals surface area (Å²) in [4.78, 5) is 6.52. The Hall–Kier alpha value is -0.930. The highest BCUT2D eigenvalue weighted by molar-refractivity contribution is 5.23. The number of nitrogens with zero attached hydrogens (tertiary/aromatic N) is 2. The molecular weight excluding hydrogens is 188 g/mol. The monoisotopic (exact) mass is 204 g/mol. The van der Waals surface area contributed by atoms with Gasteiger partial charge in [0.2, 0.25) is 0 Å². The van der Waals surface area contributed by atoms with Crippen LogP contribution in [0.4, 0.5) is 0 Å². The molecule has 2 saturated heterocycles. The lowest BCUT2D eigenvalue weighted by atomic mass is 9.86. The zero-order valence-corrected chi connectivity index (χ0v) is 8.76. The van der Waals surface area contributed by atoms with Gasteiger partial charge >= 0.3 is 0 Å². The minimum atomic E-state index is -0.648. The van der Waals surface area contributed by atoms with Crippen LogP contribution in [0.3, 0.4) is 0 Å². The van der Waals surface area contributed by atoms with Crippen molar-refractivity contribution in [3.8, 4) is 0 Å². The maximum Gasteiger partial charge on any atom is 0.108 e. The maximum absolute atomic E-state index is 10.8. The Morgan fingerprint density at radius 2 is 2.40 bits per heavy atom. The first-order valence-electron chi connectivity index (χ1n) is 5.68. The Bertz CT molecular complexity index is 354. The molecule has 0 radical (unpaired) electrons. The number of aromatic nitrogens is 1. The summed E-state index contributed by atoms with van der Waals surface area (Å²) < 4.78 is 0. The Morgan fingerprint density at radius 1 is 1.47 bits per heavy atom. The van der Waals surface area contributed by atoms with Crippen LogP contribution in [-0.2, 0) is 5.60 Å². The van der Waals surface area contributed by atoms with Gasteiger partial charge in [0.1, 0.15) is 5.60 Å². The van der Waals surface area contributed by atoms with Crippen molar-refractivity contribution in [2.45, 2.75) is 30.9 Å². The van der Waals surface area contributed by atoms with Crippen molar-refractivity contribution in [1.29, 1.82) is 0 Å². The number of pyridine rings is 1. The SMILES string of the molecule is OC1(c2cccnc2)CCN2CCCC21. The number of rotatable bonds is 1. The van der Waals surface area contributed by atoms with Gasteiger partial charge in [-0.2, -0.15) is 0 Å². The molecule has 2 atom stereocenters. The fourth-order valence-electron chi connectivity index (χ4n) is 3.07. The number of hydrogen-bond donors (Lipinski definition) is 1. The van der Waals surface area contributed by atoms with Crippen molar-refractivity contribution in [2.24, 2.45) is 0 Å². The van der Waals surface area contributed by atoms with Crippen molar-refractivity contribution in [1.82, 2.24) is 9.88 Å². The third-order valence-electron chi connectivity index (χ3n) is 3.86. The van der Waals surface area contributed by atoms with Crippen LogP contribution in [0.2, 0.25) is 0 Å². The molecule has 3 heterocycles. The van der Waals surface area contributed by atoms with Gasteiger partial charge in [-0.25, -0.2) is 0 Å². The van der Waals surface area contributed by atoms with Gasteiger partial charge in [-0.05, 0) is 31.9 Å². The van der Waals surface area contributed by atoms with Crippen LogP contribution in [0.5, 0.6) is 0 Å². The molecule has 0 aliphatic carbocycles. The van der Waals surface area contributed by atoms with Crippen LogP contribution in [0, 0.1) is 0 Å². The van der Waals surface area contributed by atoms with Crippen LogP contribution in [-0.4, -0.2) is 34.1 Å². The van der Waals surface area contributed by atoms with Crippen molar-refractivity contribution >= 4 is 0 Å². The predicted octanol–water partition coefficient (Wildman–Crippen LogP) is 1.14. The molecule has 0 saturated carbocycles. The lowest BCUT2D eigenvalue weighted by molar-refractivity contribution is 0.00908. The van der Waals surface area contributed by atoms with Crippen LogP contribution in [0.1, 0.15) is 24.8 Å². The summed E-state index contributed by atoms with van der Waals surface area (Å²) in [5, 5.41) is 10.8. The summed E-state index contributed by atoms with van der Waals surface area (Å²) in [7, 11) is 0. The number of fused-ring (bicyclic) bond motifs is 1. The maximum atomic E-state index is 10.8. The zero-order valence-electron chi connectivity index (χ0n) is 8.76. The number of hydrogen-bond acceptors (Lipinski definition) is 3. The summed E-state index contributed by atoms with van der Waals surface area (Å²) in [5.41, 5.74) is 0.338. The van der Waals surface area contributed by atoms with E-state index in [1.807, 2.05) is 18.3 Å². The van der Waals surface area contributed by atoms with Gasteiger partial charge in [0.25, 0.3) is 0 Å². The molecule has 2 aliphatic rings. The normalized spacial score (nSPS) is 35.7. The molecule has 0 aromatic carbocycles. The molecule has 1 aromatic rings. The third-order valence-corrected chi connectivity index (χ3v) is 3.86. The van der Waals surface area contributed by atoms with Gasteiger partial charge in [0.05, 0.1) is 0 Å². The molecule has 0 amide bonds. The Balaban J connectivity index is 1.97. The van der Waals surface area contributed by atoms with Crippen LogP contribution < -0.4 is 0 Å². The standard InChI is InChI=1S/C12H16N2O/c15-12(10-3-1-6-13-9-10)5-8-14-7-2-4-11(12)14/h1,3,6,9,11,15H,2,4-5,7-8H2. The average Bonchev–Trinajstić information content (AvgIpc) is 2.85. The zero-order chi connectivity index (χ0) is 10.3. The van der Waals surface area contributed by atoms with Crippen molar-refractivity contribution in [3.63, 3.8) is 0 Å². The summed E-state index contributed by atoms with van der Waals surface area (Å²) in [6.07, 6.45) is 6.75. The highest BCUT2D eigenvalue weighted by Crippen LogP contribution is 2.42. The summed E-state index contributed by atoms with van der Waals surface area (Å²) in [6, 6.07) is 4.22. The van der Waals surface area contributed by atoms with Crippen LogP contribution >= 0.6 is 0 Å². The molecule has 2 aliphatic heterocycles. The van der Waals surface area contributed by atoms with E-state index < -0.39 is 5.60 Å². The molecule has 0 bridgehead atoms. The van der Waals surface area contributed by atoms with E-state index in [-0.39, 0.29) is 0 Å². The molecular formula is C12H16N2O. The second-order valence-electron chi connectivity index (χ2n) is 4.61. The minimum absolute atomic E-state index is 0.321. The van der Waals surface area contributed by atoms with Gasteiger partial charge in [-0.15, -0.1) is 0 Å². The molecule has 15 heavy (non-hydrogen) atoms. The average molecular weight is 204 g/mol. The largest absolute Gasteiger partial charge is 0.383 e. The lowest BCUT2D eigenvalue weighted by Gasteiger charge is -2.29. The molecule has 1 aromatic heterocycles. The second-order valence-corrected chi connectivity index (χ2v) is 4.61. The smallest absolute Gasteiger partial charge is 0.108 e. The summed E-state index contributed by atoms with van der Waals surface area (Å²) >= 11 is 0. The predicted molar refractivity (Wildman–Crippen MR) is 57.3 cm³/mol. The van der Waals surface area contributed by atoms with Crippen molar-refractivity contribution in [2.75, 3.05) is 13.1 Å². The van der Waals surface area contributed by atoms with Gasteiger partial charge in [0, 0.05) is 30.5 Å². The Labute approximate surface area is 89.7 Å². The van der Waals surface area contributed by atoms with Gasteiger partial charge in [-0.1, -0.05) is 6.07 Å². The first-order chi connectivity index (χ1) is 7.31. The van der Waals surface area contributed by atoms with E-state index in [0.29, 0.717) is 6.04 Å². The molecule has 3 nitrogen and oxygen atoms in total. The first-order valence-corrected chi connectivity index (χ1v) is 5.68. The highest BCUT2D eigenvalue weighted by Gasteiger charge is 2.48. The lowest BCUT2D eigenvalue weighted by Crippen LogP contribution is -2.38. The Morgan fingerprint density at radius 3 is 3.20 bits per heavy atom. The van der Waals surface area contributed by atoms with Gasteiger partial charge < -0.3 is 5.11 Å². The fraction of sp³-hybridized carbons (Fsp3) is 0.583. The molecule has 2 fully saturated rings. The molecule has 3 rings (SSSR count). The second kappa shape index (κ2) is 3.29. The molecule has 2 unspecified atom stereocenters. The van der Waals surface area contributed by atoms with E-state index in [9.17, 15) is 5.11 Å². The minimum Gasteiger partial charge on any atom is -0.383 e. The Kier molecular flexibility index (Phi) is 2.04. The topological polar surface area (TPSA) is 36.4 Å². The van der Waals surface area contributed by atoms with E-state index in [0.717, 1.165) is 31.5 Å². The summed E-state index contributed by atoms with van der Waals surface area (Å²) in [6.45, 7) is 2.17.